The predicted octanol–water partition coefficient (Wildman–Crippen LogP) is 2.81. The van der Waals surface area contributed by atoms with Crippen LogP contribution in [0.15, 0.2) is 4.99 Å². The number of guanidine groups is 1. The highest BCUT2D eigenvalue weighted by Crippen LogP contribution is 2.19. The fraction of sp³-hybridized carbons (Fsp3) is 0.941. The van der Waals surface area contributed by atoms with E-state index < -0.39 is 0 Å². The lowest BCUT2D eigenvalue weighted by Gasteiger charge is -2.18. The van der Waals surface area contributed by atoms with Crippen molar-refractivity contribution in [3.8, 4) is 0 Å². The molecule has 0 bridgehead atoms. The van der Waals surface area contributed by atoms with Crippen molar-refractivity contribution in [2.75, 3.05) is 46.6 Å². The predicted molar refractivity (Wildman–Crippen MR) is 94.6 cm³/mol. The number of aliphatic imine (C=N–C) groups is 1. The monoisotopic (exact) mass is 315 g/mol. The summed E-state index contributed by atoms with van der Waals surface area (Å²) < 4.78 is 10.9. The van der Waals surface area contributed by atoms with E-state index in [0.717, 1.165) is 38.5 Å². The summed E-state index contributed by atoms with van der Waals surface area (Å²) in [6.07, 6.45) is 4.65. The first kappa shape index (κ1) is 21.2. The van der Waals surface area contributed by atoms with Crippen molar-refractivity contribution in [2.45, 2.75) is 53.4 Å². The highest BCUT2D eigenvalue weighted by Gasteiger charge is 2.08. The molecule has 0 heterocycles. The molecule has 0 aliphatic carbocycles. The number of unbranched alkanes of at least 4 members (excludes halogenated alkanes) is 1. The zero-order valence-corrected chi connectivity index (χ0v) is 15.3. The van der Waals surface area contributed by atoms with Crippen LogP contribution in [0.25, 0.3) is 0 Å². The Morgan fingerprint density at radius 1 is 0.909 bits per heavy atom. The van der Waals surface area contributed by atoms with Crippen molar-refractivity contribution in [1.29, 1.82) is 0 Å². The van der Waals surface area contributed by atoms with Crippen LogP contribution in [0, 0.1) is 5.41 Å². The Morgan fingerprint density at radius 3 is 2.14 bits per heavy atom. The van der Waals surface area contributed by atoms with Gasteiger partial charge in [-0.15, -0.1) is 0 Å². The largest absolute Gasteiger partial charge is 0.379 e. The van der Waals surface area contributed by atoms with Crippen LogP contribution >= 0.6 is 0 Å². The fourth-order valence-electron chi connectivity index (χ4n) is 1.86. The molecule has 2 N–H and O–H groups in total. The summed E-state index contributed by atoms with van der Waals surface area (Å²) in [7, 11) is 1.79. The van der Waals surface area contributed by atoms with Crippen LogP contribution in [0.1, 0.15) is 53.4 Å². The van der Waals surface area contributed by atoms with Crippen molar-refractivity contribution in [3.05, 3.63) is 0 Å². The zero-order chi connectivity index (χ0) is 16.7. The molecule has 0 aromatic heterocycles. The molecule has 0 aromatic carbocycles. The van der Waals surface area contributed by atoms with E-state index in [0.29, 0.717) is 25.2 Å². The number of rotatable bonds is 12. The quantitative estimate of drug-likeness (QED) is 0.330. The molecule has 5 heteroatoms. The van der Waals surface area contributed by atoms with Gasteiger partial charge in [-0.05, 0) is 24.7 Å². The molecule has 0 spiro atoms. The van der Waals surface area contributed by atoms with Crippen LogP contribution in [0.2, 0.25) is 0 Å². The van der Waals surface area contributed by atoms with Crippen LogP contribution in [-0.4, -0.2) is 52.5 Å². The lowest BCUT2D eigenvalue weighted by Crippen LogP contribution is -2.39. The van der Waals surface area contributed by atoms with Crippen molar-refractivity contribution in [2.24, 2.45) is 10.4 Å². The topological polar surface area (TPSA) is 54.9 Å². The maximum Gasteiger partial charge on any atom is 0.191 e. The molecule has 0 aliphatic rings. The molecular weight excluding hydrogens is 278 g/mol. The minimum atomic E-state index is 0.395. The molecule has 0 atom stereocenters. The standard InChI is InChI=1S/C17H37N3O2/c1-6-7-12-21-14-15-22-13-11-20-16(18-5)19-10-8-9-17(2,3)4/h6-15H2,1-5H3,(H2,18,19,20). The number of ether oxygens (including phenoxy) is 2. The third-order valence-corrected chi connectivity index (χ3v) is 3.17. The van der Waals surface area contributed by atoms with Crippen molar-refractivity contribution < 1.29 is 9.47 Å². The highest BCUT2D eigenvalue weighted by atomic mass is 16.5. The number of hydrogen-bond acceptors (Lipinski definition) is 3. The summed E-state index contributed by atoms with van der Waals surface area (Å²) in [5.74, 6) is 0.844. The van der Waals surface area contributed by atoms with Gasteiger partial charge in [-0.3, -0.25) is 4.99 Å². The average Bonchev–Trinajstić information content (AvgIpc) is 2.46. The zero-order valence-electron chi connectivity index (χ0n) is 15.3. The van der Waals surface area contributed by atoms with Gasteiger partial charge >= 0.3 is 0 Å². The minimum absolute atomic E-state index is 0.395. The second-order valence-electron chi connectivity index (χ2n) is 6.67. The molecule has 132 valence electrons. The van der Waals surface area contributed by atoms with E-state index in [1.54, 1.807) is 7.05 Å². The molecule has 0 saturated carbocycles. The summed E-state index contributed by atoms with van der Waals surface area (Å²) in [6, 6.07) is 0. The molecule has 0 saturated heterocycles. The number of hydrogen-bond donors (Lipinski definition) is 2. The van der Waals surface area contributed by atoms with E-state index >= 15 is 0 Å². The van der Waals surface area contributed by atoms with Gasteiger partial charge in [0, 0.05) is 26.7 Å². The Bertz CT molecular complexity index is 276. The number of nitrogens with one attached hydrogen (secondary N) is 2. The van der Waals surface area contributed by atoms with E-state index in [9.17, 15) is 0 Å². The molecule has 5 nitrogen and oxygen atoms in total. The van der Waals surface area contributed by atoms with Crippen LogP contribution in [-0.2, 0) is 9.47 Å². The number of nitrogens with zero attached hydrogens (tertiary/aromatic N) is 1. The van der Waals surface area contributed by atoms with Gasteiger partial charge in [-0.25, -0.2) is 0 Å². The van der Waals surface area contributed by atoms with Crippen molar-refractivity contribution in [3.63, 3.8) is 0 Å². The molecule has 0 amide bonds. The van der Waals surface area contributed by atoms with Crippen LogP contribution < -0.4 is 10.6 Å². The van der Waals surface area contributed by atoms with Gasteiger partial charge in [0.1, 0.15) is 0 Å². The summed E-state index contributed by atoms with van der Waals surface area (Å²) >= 11 is 0. The maximum atomic E-state index is 5.51. The first-order valence-electron chi connectivity index (χ1n) is 8.59. The smallest absolute Gasteiger partial charge is 0.191 e. The molecule has 0 radical (unpaired) electrons. The normalized spacial score (nSPS) is 12.5. The van der Waals surface area contributed by atoms with Gasteiger partial charge < -0.3 is 20.1 Å². The Balaban J connectivity index is 3.43. The van der Waals surface area contributed by atoms with E-state index in [1.165, 1.54) is 12.8 Å². The van der Waals surface area contributed by atoms with Gasteiger partial charge in [0.2, 0.25) is 0 Å². The van der Waals surface area contributed by atoms with Crippen molar-refractivity contribution >= 4 is 5.96 Å². The minimum Gasteiger partial charge on any atom is -0.379 e. The first-order valence-corrected chi connectivity index (χ1v) is 8.59. The Hall–Kier alpha value is -0.810. The Labute approximate surface area is 137 Å². The molecular formula is C17H37N3O2. The van der Waals surface area contributed by atoms with Gasteiger partial charge in [0.25, 0.3) is 0 Å². The van der Waals surface area contributed by atoms with E-state index in [4.69, 9.17) is 9.47 Å². The van der Waals surface area contributed by atoms with E-state index in [2.05, 4.69) is 43.3 Å². The average molecular weight is 316 g/mol. The van der Waals surface area contributed by atoms with Gasteiger partial charge in [-0.1, -0.05) is 34.1 Å². The second kappa shape index (κ2) is 13.8. The summed E-state index contributed by atoms with van der Waals surface area (Å²) in [6.45, 7) is 13.5. The van der Waals surface area contributed by atoms with Gasteiger partial charge in [-0.2, -0.15) is 0 Å². The Kier molecular flexibility index (Phi) is 13.3. The van der Waals surface area contributed by atoms with Crippen LogP contribution in [0.5, 0.6) is 0 Å². The molecule has 0 rings (SSSR count). The SMILES string of the molecule is CCCCOCCOCCNC(=NC)NCCCC(C)(C)C. The molecule has 0 unspecified atom stereocenters. The lowest BCUT2D eigenvalue weighted by atomic mass is 9.91. The van der Waals surface area contributed by atoms with Crippen LogP contribution in [0.3, 0.4) is 0 Å². The van der Waals surface area contributed by atoms with E-state index in [1.807, 2.05) is 0 Å². The molecule has 0 fully saturated rings. The third kappa shape index (κ3) is 15.6. The lowest BCUT2D eigenvalue weighted by molar-refractivity contribution is 0.0487. The van der Waals surface area contributed by atoms with E-state index in [-0.39, 0.29) is 0 Å². The first-order chi connectivity index (χ1) is 10.5. The Morgan fingerprint density at radius 2 is 1.55 bits per heavy atom. The van der Waals surface area contributed by atoms with Gasteiger partial charge in [0.05, 0.1) is 19.8 Å². The summed E-state index contributed by atoms with van der Waals surface area (Å²) in [5.41, 5.74) is 0.395. The van der Waals surface area contributed by atoms with Crippen LogP contribution in [0.4, 0.5) is 0 Å². The summed E-state index contributed by atoms with van der Waals surface area (Å²) in [5, 5.41) is 6.58. The molecule has 0 aliphatic heterocycles. The highest BCUT2D eigenvalue weighted by molar-refractivity contribution is 5.79. The summed E-state index contributed by atoms with van der Waals surface area (Å²) in [4.78, 5) is 4.20. The molecule has 22 heavy (non-hydrogen) atoms. The van der Waals surface area contributed by atoms with Crippen molar-refractivity contribution in [1.82, 2.24) is 10.6 Å². The second-order valence-corrected chi connectivity index (χ2v) is 6.67. The fourth-order valence-corrected chi connectivity index (χ4v) is 1.86. The van der Waals surface area contributed by atoms with Gasteiger partial charge in [0.15, 0.2) is 5.96 Å². The third-order valence-electron chi connectivity index (χ3n) is 3.17. The maximum absolute atomic E-state index is 5.51. The molecule has 0 aromatic rings.